The van der Waals surface area contributed by atoms with Crippen molar-refractivity contribution in [2.75, 3.05) is 39.2 Å². The Bertz CT molecular complexity index is 1550. The van der Waals surface area contributed by atoms with Crippen molar-refractivity contribution in [3.05, 3.63) is 23.8 Å². The van der Waals surface area contributed by atoms with Gasteiger partial charge in [-0.1, -0.05) is 46.1 Å². The molecule has 3 aliphatic heterocycles. The number of nitrogens with one attached hydrogen (secondary N) is 2. The monoisotopic (exact) mass is 875 g/mol. The summed E-state index contributed by atoms with van der Waals surface area (Å²) >= 11 is 0. The zero-order valence-corrected chi connectivity index (χ0v) is 36.9. The number of para-hydroxylation sites is 1. The van der Waals surface area contributed by atoms with E-state index in [1.165, 1.54) is 32.0 Å². The molecule has 0 aromatic heterocycles. The summed E-state index contributed by atoms with van der Waals surface area (Å²) in [5.41, 5.74) is -0.215. The summed E-state index contributed by atoms with van der Waals surface area (Å²) in [5.74, 6) is -5.00. The summed E-state index contributed by atoms with van der Waals surface area (Å²) in [4.78, 5) is 64.8. The van der Waals surface area contributed by atoms with Gasteiger partial charge in [-0.3, -0.25) is 19.2 Å². The largest absolute Gasteiger partial charge is 0.505 e. The highest BCUT2D eigenvalue weighted by Crippen LogP contribution is 2.39. The summed E-state index contributed by atoms with van der Waals surface area (Å²) in [7, 11) is 4.01. The van der Waals surface area contributed by atoms with Gasteiger partial charge in [-0.25, -0.2) is 4.79 Å². The molecule has 1 aromatic carbocycles. The van der Waals surface area contributed by atoms with Gasteiger partial charge in [0.1, 0.15) is 36.6 Å². The number of unbranched alkanes of at least 4 members (excludes halogenated alkanes) is 2. The van der Waals surface area contributed by atoms with Crippen LogP contribution in [-0.2, 0) is 52.3 Å². The number of anilines is 1. The van der Waals surface area contributed by atoms with E-state index in [9.17, 15) is 34.2 Å². The number of phenols is 1. The molecule has 5 N–H and O–H groups in total. The molecule has 10 unspecified atom stereocenters. The molecule has 2 amide bonds. The maximum absolute atomic E-state index is 13.3. The lowest BCUT2D eigenvalue weighted by Crippen LogP contribution is -2.50. The van der Waals surface area contributed by atoms with Gasteiger partial charge in [0.2, 0.25) is 6.41 Å². The average Bonchev–Trinajstić information content (AvgIpc) is 3.65. The number of esters is 3. The van der Waals surface area contributed by atoms with E-state index in [0.29, 0.717) is 25.9 Å². The normalized spacial score (nSPS) is 27.7. The van der Waals surface area contributed by atoms with E-state index in [1.54, 1.807) is 0 Å². The van der Waals surface area contributed by atoms with Gasteiger partial charge in [-0.05, 0) is 79.2 Å². The highest BCUT2D eigenvalue weighted by molar-refractivity contribution is 6.01. The van der Waals surface area contributed by atoms with Gasteiger partial charge in [0.25, 0.3) is 5.91 Å². The van der Waals surface area contributed by atoms with Crippen LogP contribution in [0.2, 0.25) is 0 Å². The molecule has 60 heavy (non-hydrogen) atoms. The standard InChI is InChI=1S/C27H38N2O9.C14H27NO6.ClH/c1-6-7-8-10-19-24(38-21(31)13-15(2)3)17(5)37-27(35)22(16(4)36-26(19)34)29-25(33)18-11-9-12-20(23(18)32)28-14-30;1-14(2)20-12-11(18-7-5-6-15(3)4)10(9(17)8-16)19-13(12)21-14;/h9,11-12,14-17,19,22,24,32H,6-8,10,13H2,1-5H3,(H,28,30)(H,29,33);9-13,16-17H,5-8H2,1-4H3;1H. The van der Waals surface area contributed by atoms with Crippen molar-refractivity contribution in [2.24, 2.45) is 11.8 Å². The Hall–Kier alpha value is -3.62. The highest BCUT2D eigenvalue weighted by Gasteiger charge is 2.57. The number of fused-ring (bicyclic) bond motifs is 1. The van der Waals surface area contributed by atoms with E-state index in [1.807, 2.05) is 48.7 Å². The SMILES string of the molecule is CCCCCC1C(=O)OC(C)C(NC(=O)c2cccc(NC=O)c2O)C(=O)OC(C)C1OC(=O)CC(C)C.CN(C)CCCOC1C(C(O)CO)OC2OC(C)(C)OC21.Cl. The van der Waals surface area contributed by atoms with E-state index < -0.39 is 90.2 Å². The molecule has 0 spiro atoms. The van der Waals surface area contributed by atoms with Crippen molar-refractivity contribution in [3.63, 3.8) is 0 Å². The van der Waals surface area contributed by atoms with Crippen molar-refractivity contribution in [3.8, 4) is 5.75 Å². The first kappa shape index (κ1) is 52.5. The summed E-state index contributed by atoms with van der Waals surface area (Å²) < 4.78 is 39.9. The predicted molar refractivity (Wildman–Crippen MR) is 219 cm³/mol. The van der Waals surface area contributed by atoms with Gasteiger partial charge in [0.05, 0.1) is 23.8 Å². The minimum absolute atomic E-state index is 0. The number of halogens is 1. The number of aliphatic hydroxyl groups is 2. The fourth-order valence-electron chi connectivity index (χ4n) is 6.93. The number of phenolic OH excluding ortho intramolecular Hbond substituents is 1. The second kappa shape index (κ2) is 24.7. The maximum atomic E-state index is 13.3. The smallest absolute Gasteiger partial charge is 0.332 e. The number of rotatable bonds is 18. The van der Waals surface area contributed by atoms with Crippen molar-refractivity contribution >= 4 is 48.3 Å². The number of benzene rings is 1. The summed E-state index contributed by atoms with van der Waals surface area (Å²) in [5, 5.41) is 34.1. The van der Waals surface area contributed by atoms with Gasteiger partial charge in [0, 0.05) is 13.0 Å². The number of carbonyl (C=O) groups is 5. The molecule has 342 valence electrons. The predicted octanol–water partition coefficient (Wildman–Crippen LogP) is 3.07. The molecule has 4 rings (SSSR count). The lowest BCUT2D eigenvalue weighted by molar-refractivity contribution is -0.231. The van der Waals surface area contributed by atoms with Gasteiger partial charge in [-0.15, -0.1) is 12.4 Å². The van der Waals surface area contributed by atoms with Gasteiger partial charge >= 0.3 is 17.9 Å². The van der Waals surface area contributed by atoms with Gasteiger partial charge in [0.15, 0.2) is 30.0 Å². The van der Waals surface area contributed by atoms with Crippen LogP contribution in [0.25, 0.3) is 0 Å². The van der Waals surface area contributed by atoms with E-state index in [-0.39, 0.29) is 48.7 Å². The number of carbonyl (C=O) groups excluding carboxylic acids is 5. The summed E-state index contributed by atoms with van der Waals surface area (Å²) in [6.07, 6.45) is -2.11. The minimum atomic E-state index is -1.42. The fraction of sp³-hybridized carbons (Fsp3) is 0.732. The number of amides is 2. The number of aliphatic hydroxyl groups excluding tert-OH is 2. The van der Waals surface area contributed by atoms with Crippen molar-refractivity contribution in [1.29, 1.82) is 0 Å². The summed E-state index contributed by atoms with van der Waals surface area (Å²) in [6.45, 7) is 13.4. The van der Waals surface area contributed by atoms with Crippen LogP contribution in [0.15, 0.2) is 18.2 Å². The van der Waals surface area contributed by atoms with Crippen LogP contribution >= 0.6 is 12.4 Å². The molecule has 0 radical (unpaired) electrons. The third kappa shape index (κ3) is 15.1. The number of ether oxygens (including phenoxy) is 7. The second-order valence-corrected chi connectivity index (χ2v) is 16.2. The molecule has 18 nitrogen and oxygen atoms in total. The molecular weight excluding hydrogens is 810 g/mol. The third-order valence-electron chi connectivity index (χ3n) is 9.89. The quantitative estimate of drug-likeness (QED) is 0.0468. The maximum Gasteiger partial charge on any atom is 0.332 e. The third-order valence-corrected chi connectivity index (χ3v) is 9.89. The first-order valence-corrected chi connectivity index (χ1v) is 20.3. The average molecular weight is 876 g/mol. The molecule has 3 fully saturated rings. The molecule has 0 aliphatic carbocycles. The molecule has 10 atom stereocenters. The Morgan fingerprint density at radius 2 is 1.70 bits per heavy atom. The lowest BCUT2D eigenvalue weighted by atomic mass is 9.92. The topological polar surface area (TPSA) is 238 Å². The first-order chi connectivity index (χ1) is 27.8. The number of cyclic esters (lactones) is 2. The van der Waals surface area contributed by atoms with E-state index >= 15 is 0 Å². The molecule has 3 heterocycles. The van der Waals surface area contributed by atoms with Crippen molar-refractivity contribution in [1.82, 2.24) is 10.2 Å². The highest BCUT2D eigenvalue weighted by atomic mass is 35.5. The van der Waals surface area contributed by atoms with Crippen molar-refractivity contribution in [2.45, 2.75) is 148 Å². The first-order valence-electron chi connectivity index (χ1n) is 20.3. The van der Waals surface area contributed by atoms with Gasteiger partial charge < -0.3 is 64.0 Å². The van der Waals surface area contributed by atoms with Crippen LogP contribution in [0.5, 0.6) is 5.75 Å². The zero-order chi connectivity index (χ0) is 44.0. The van der Waals surface area contributed by atoms with E-state index in [4.69, 9.17) is 38.3 Å². The number of hydrogen-bond donors (Lipinski definition) is 5. The number of aromatic hydroxyl groups is 1. The Kier molecular flexibility index (Phi) is 21.6. The Balaban J connectivity index is 0.000000475. The zero-order valence-electron chi connectivity index (χ0n) is 36.1. The van der Waals surface area contributed by atoms with Crippen LogP contribution in [0.4, 0.5) is 5.69 Å². The Morgan fingerprint density at radius 3 is 2.32 bits per heavy atom. The Morgan fingerprint density at radius 1 is 1.02 bits per heavy atom. The number of nitrogens with zero attached hydrogens (tertiary/aromatic N) is 1. The van der Waals surface area contributed by atoms with Crippen molar-refractivity contribution < 1.29 is 72.5 Å². The molecule has 1 aromatic rings. The minimum Gasteiger partial charge on any atom is -0.505 e. The molecular formula is C41H66ClN3O15. The van der Waals surface area contributed by atoms with Crippen LogP contribution in [-0.4, -0.2) is 145 Å². The fourth-order valence-corrected chi connectivity index (χ4v) is 6.93. The van der Waals surface area contributed by atoms with E-state index in [2.05, 4.69) is 15.5 Å². The summed E-state index contributed by atoms with van der Waals surface area (Å²) in [6, 6.07) is 2.71. The van der Waals surface area contributed by atoms with Crippen LogP contribution in [0, 0.1) is 11.8 Å². The van der Waals surface area contributed by atoms with Gasteiger partial charge in [-0.2, -0.15) is 0 Å². The Labute approximate surface area is 358 Å². The lowest BCUT2D eigenvalue weighted by Gasteiger charge is -2.29. The van der Waals surface area contributed by atoms with Crippen LogP contribution < -0.4 is 10.6 Å². The molecule has 3 aliphatic rings. The molecule has 0 bridgehead atoms. The number of hydrogen-bond acceptors (Lipinski definition) is 16. The molecule has 3 saturated heterocycles. The van der Waals surface area contributed by atoms with Crippen LogP contribution in [0.1, 0.15) is 97.3 Å². The molecule has 19 heteroatoms. The van der Waals surface area contributed by atoms with E-state index in [0.717, 1.165) is 25.8 Å². The van der Waals surface area contributed by atoms with Crippen LogP contribution in [0.3, 0.4) is 0 Å². The second-order valence-electron chi connectivity index (χ2n) is 16.2. The molecule has 0 saturated carbocycles.